The Morgan fingerprint density at radius 2 is 1.55 bits per heavy atom. The summed E-state index contributed by atoms with van der Waals surface area (Å²) < 4.78 is 16.9. The Balaban J connectivity index is 5.24. The van der Waals surface area contributed by atoms with E-state index in [2.05, 4.69) is 13.8 Å². The first-order valence-corrected chi connectivity index (χ1v) is 9.62. The van der Waals surface area contributed by atoms with E-state index in [9.17, 15) is 5.11 Å². The van der Waals surface area contributed by atoms with Crippen LogP contribution in [0.5, 0.6) is 0 Å². The molecule has 0 rings (SSSR count). The van der Waals surface area contributed by atoms with E-state index in [1.54, 1.807) is 21.3 Å². The van der Waals surface area contributed by atoms with Crippen molar-refractivity contribution >= 4 is 26.1 Å². The molecule has 0 aliphatic heterocycles. The molecule has 120 valence electrons. The fourth-order valence-electron chi connectivity index (χ4n) is 2.75. The van der Waals surface area contributed by atoms with Crippen LogP contribution in [0.15, 0.2) is 0 Å². The van der Waals surface area contributed by atoms with Gasteiger partial charge in [-0.15, -0.1) is 0 Å². The summed E-state index contributed by atoms with van der Waals surface area (Å²) in [6, 6.07) is 0. The predicted molar refractivity (Wildman–Crippen MR) is 88.3 cm³/mol. The molecule has 0 aliphatic carbocycles. The summed E-state index contributed by atoms with van der Waals surface area (Å²) in [6.07, 6.45) is 6.05. The van der Waals surface area contributed by atoms with Crippen LogP contribution >= 0.6 is 12.2 Å². The highest BCUT2D eigenvalue weighted by Gasteiger charge is 2.51. The molecule has 0 saturated heterocycles. The lowest BCUT2D eigenvalue weighted by Gasteiger charge is -2.36. The number of thiocarbonyl (C=S) groups is 1. The third kappa shape index (κ3) is 5.41. The number of hydrogen-bond donors (Lipinski definition) is 1. The lowest BCUT2D eigenvalue weighted by atomic mass is 9.96. The second kappa shape index (κ2) is 10.7. The molecule has 2 unspecified atom stereocenters. The highest BCUT2D eigenvalue weighted by Crippen LogP contribution is 2.39. The minimum Gasteiger partial charge on any atom is -0.502 e. The van der Waals surface area contributed by atoms with Gasteiger partial charge in [-0.1, -0.05) is 39.5 Å². The third-order valence-corrected chi connectivity index (χ3v) is 7.44. The van der Waals surface area contributed by atoms with Crippen LogP contribution in [0.3, 0.4) is 0 Å². The molecule has 0 heterocycles. The summed E-state index contributed by atoms with van der Waals surface area (Å²) in [7, 11) is 2.05. The predicted octanol–water partition coefficient (Wildman–Crippen LogP) is 4.12. The summed E-state index contributed by atoms with van der Waals surface area (Å²) >= 11 is 5.06. The van der Waals surface area contributed by atoms with Gasteiger partial charge in [0, 0.05) is 32.8 Å². The smallest absolute Gasteiger partial charge is 0.502 e. The average Bonchev–Trinajstić information content (AvgIpc) is 2.45. The molecule has 0 aromatic heterocycles. The minimum atomic E-state index is -2.81. The first kappa shape index (κ1) is 20.0. The van der Waals surface area contributed by atoms with Crippen molar-refractivity contribution in [2.24, 2.45) is 5.92 Å². The number of unbranched alkanes of at least 4 members (excludes halogenated alkanes) is 2. The molecule has 0 amide bonds. The van der Waals surface area contributed by atoms with Crippen LogP contribution < -0.4 is 0 Å². The Kier molecular flexibility index (Phi) is 10.7. The second-order valence-electron chi connectivity index (χ2n) is 5.05. The number of aliphatic hydroxyl groups is 1. The largest absolute Gasteiger partial charge is 0.504 e. The summed E-state index contributed by atoms with van der Waals surface area (Å²) in [4.78, 5) is 0. The van der Waals surface area contributed by atoms with Gasteiger partial charge in [0.15, 0.2) is 5.05 Å². The Labute approximate surface area is 130 Å². The van der Waals surface area contributed by atoms with Crippen molar-refractivity contribution in [3.05, 3.63) is 0 Å². The molecule has 0 radical (unpaired) electrons. The summed E-state index contributed by atoms with van der Waals surface area (Å²) in [5, 5.41) is 9.96. The van der Waals surface area contributed by atoms with Crippen LogP contribution in [-0.2, 0) is 13.3 Å². The van der Waals surface area contributed by atoms with Gasteiger partial charge < -0.3 is 18.4 Å². The molecule has 0 aromatic rings. The van der Waals surface area contributed by atoms with Gasteiger partial charge in [-0.25, -0.2) is 0 Å². The maximum absolute atomic E-state index is 9.91. The molecule has 0 spiro atoms. The number of hydrogen-bond acceptors (Lipinski definition) is 4. The Bertz CT molecular complexity index is 264. The van der Waals surface area contributed by atoms with Crippen molar-refractivity contribution in [2.75, 3.05) is 21.3 Å². The van der Waals surface area contributed by atoms with Gasteiger partial charge in [0.1, 0.15) is 0 Å². The van der Waals surface area contributed by atoms with E-state index in [0.717, 1.165) is 38.5 Å². The van der Waals surface area contributed by atoms with E-state index < -0.39 is 8.80 Å². The quantitative estimate of drug-likeness (QED) is 0.333. The third-order valence-electron chi connectivity index (χ3n) is 3.83. The standard InChI is InChI=1S/C14H30O4SSi/c1-6-8-9-11-13(12(10-7-2)14(15)19)20(16-3,17-4)18-5/h12-13H,6-11H2,1-5H3,(H,15,19). The Morgan fingerprint density at radius 1 is 1.00 bits per heavy atom. The zero-order valence-electron chi connectivity index (χ0n) is 13.5. The van der Waals surface area contributed by atoms with Crippen LogP contribution in [0.1, 0.15) is 52.4 Å². The normalized spacial score (nSPS) is 15.1. The lowest BCUT2D eigenvalue weighted by Crippen LogP contribution is -2.51. The fourth-order valence-corrected chi connectivity index (χ4v) is 5.94. The van der Waals surface area contributed by atoms with Crippen molar-refractivity contribution in [2.45, 2.75) is 57.9 Å². The summed E-state index contributed by atoms with van der Waals surface area (Å²) in [6.45, 7) is 4.26. The zero-order valence-corrected chi connectivity index (χ0v) is 15.3. The molecule has 0 bridgehead atoms. The topological polar surface area (TPSA) is 47.9 Å². The van der Waals surface area contributed by atoms with Crippen LogP contribution in [0.25, 0.3) is 0 Å². The van der Waals surface area contributed by atoms with E-state index >= 15 is 0 Å². The van der Waals surface area contributed by atoms with Crippen molar-refractivity contribution in [3.8, 4) is 0 Å². The molecular weight excluding hydrogens is 292 g/mol. The van der Waals surface area contributed by atoms with Crippen molar-refractivity contribution in [3.63, 3.8) is 0 Å². The minimum absolute atomic E-state index is 0.0199. The maximum atomic E-state index is 9.91. The summed E-state index contributed by atoms with van der Waals surface area (Å²) in [5.41, 5.74) is 0.0199. The number of aliphatic hydroxyl groups excluding tert-OH is 1. The zero-order chi connectivity index (χ0) is 15.6. The summed E-state index contributed by atoms with van der Waals surface area (Å²) in [5.74, 6) is -0.0987. The van der Waals surface area contributed by atoms with Crippen molar-refractivity contribution < 1.29 is 18.4 Å². The first-order chi connectivity index (χ1) is 9.52. The SMILES string of the molecule is CCCCCC(C(CCC)C(O)=S)[Si](OC)(OC)OC. The van der Waals surface area contributed by atoms with Gasteiger partial charge in [0.25, 0.3) is 0 Å². The maximum Gasteiger partial charge on any atom is 0.504 e. The Morgan fingerprint density at radius 3 is 1.90 bits per heavy atom. The van der Waals surface area contributed by atoms with Crippen LogP contribution in [-0.4, -0.2) is 40.3 Å². The molecule has 0 fully saturated rings. The molecule has 2 atom stereocenters. The molecule has 4 nitrogen and oxygen atoms in total. The number of rotatable bonds is 12. The second-order valence-corrected chi connectivity index (χ2v) is 8.64. The van der Waals surface area contributed by atoms with Gasteiger partial charge in [-0.3, -0.25) is 0 Å². The molecule has 0 aliphatic rings. The van der Waals surface area contributed by atoms with Gasteiger partial charge >= 0.3 is 8.80 Å². The lowest BCUT2D eigenvalue weighted by molar-refractivity contribution is 0.102. The van der Waals surface area contributed by atoms with Crippen LogP contribution in [0, 0.1) is 5.92 Å². The van der Waals surface area contributed by atoms with E-state index in [1.165, 1.54) is 0 Å². The van der Waals surface area contributed by atoms with E-state index in [0.29, 0.717) is 0 Å². The van der Waals surface area contributed by atoms with E-state index in [1.807, 2.05) is 0 Å². The molecular formula is C14H30O4SSi. The van der Waals surface area contributed by atoms with Gasteiger partial charge in [-0.05, 0) is 25.1 Å². The van der Waals surface area contributed by atoms with Crippen LogP contribution in [0.2, 0.25) is 5.54 Å². The van der Waals surface area contributed by atoms with E-state index in [4.69, 9.17) is 25.5 Å². The fraction of sp³-hybridized carbons (Fsp3) is 0.929. The van der Waals surface area contributed by atoms with Gasteiger partial charge in [0.2, 0.25) is 0 Å². The van der Waals surface area contributed by atoms with Gasteiger partial charge in [-0.2, -0.15) is 0 Å². The highest BCUT2D eigenvalue weighted by molar-refractivity contribution is 7.80. The molecule has 0 aromatic carbocycles. The first-order valence-electron chi connectivity index (χ1n) is 7.41. The molecule has 1 N–H and O–H groups in total. The molecule has 0 saturated carbocycles. The van der Waals surface area contributed by atoms with Crippen LogP contribution in [0.4, 0.5) is 0 Å². The highest BCUT2D eigenvalue weighted by atomic mass is 32.1. The molecule has 6 heteroatoms. The van der Waals surface area contributed by atoms with E-state index in [-0.39, 0.29) is 16.5 Å². The molecule has 20 heavy (non-hydrogen) atoms. The van der Waals surface area contributed by atoms with Crippen molar-refractivity contribution in [1.82, 2.24) is 0 Å². The van der Waals surface area contributed by atoms with Crippen molar-refractivity contribution in [1.29, 1.82) is 0 Å². The Hall–Kier alpha value is -0.0131. The monoisotopic (exact) mass is 322 g/mol. The van der Waals surface area contributed by atoms with Gasteiger partial charge in [0.05, 0.1) is 0 Å². The average molecular weight is 323 g/mol.